The number of rotatable bonds is 5. The van der Waals surface area contributed by atoms with E-state index in [0.717, 1.165) is 28.0 Å². The summed E-state index contributed by atoms with van der Waals surface area (Å²) in [6, 6.07) is 11.1. The number of hydrogen-bond acceptors (Lipinski definition) is 9. The SMILES string of the molecule is CC1(C)c2sc(=O)n(CC(=O)Nc3ccc(O)cc3)c2S[C@@H]2C(=O)N(c3ccc([N+](=O)[O-])cc3)C(=O)[C@@H]21. The molecule has 2 aliphatic rings. The molecule has 3 aromatic rings. The van der Waals surface area contributed by atoms with E-state index >= 15 is 0 Å². The predicted octanol–water partition coefficient (Wildman–Crippen LogP) is 3.10. The number of benzene rings is 2. The van der Waals surface area contributed by atoms with Crippen LogP contribution in [0.2, 0.25) is 0 Å². The lowest BCUT2D eigenvalue weighted by atomic mass is 9.76. The Hall–Kier alpha value is -3.97. The van der Waals surface area contributed by atoms with Gasteiger partial charge in [-0.2, -0.15) is 0 Å². The smallest absolute Gasteiger partial charge is 0.308 e. The third kappa shape index (κ3) is 4.09. The van der Waals surface area contributed by atoms with E-state index in [4.69, 9.17) is 0 Å². The van der Waals surface area contributed by atoms with Crippen molar-refractivity contribution in [3.05, 3.63) is 73.2 Å². The summed E-state index contributed by atoms with van der Waals surface area (Å²) < 4.78 is 1.31. The van der Waals surface area contributed by atoms with Crippen LogP contribution in [-0.4, -0.2) is 37.6 Å². The number of fused-ring (bicyclic) bond motifs is 2. The molecule has 1 saturated heterocycles. The molecule has 0 radical (unpaired) electrons. The molecule has 3 heterocycles. The van der Waals surface area contributed by atoms with Crippen LogP contribution < -0.4 is 15.1 Å². The molecule has 13 heteroatoms. The second kappa shape index (κ2) is 8.85. The van der Waals surface area contributed by atoms with Gasteiger partial charge in [0.1, 0.15) is 17.5 Å². The molecule has 190 valence electrons. The van der Waals surface area contributed by atoms with E-state index in [9.17, 15) is 34.4 Å². The van der Waals surface area contributed by atoms with Gasteiger partial charge in [-0.1, -0.05) is 36.9 Å². The van der Waals surface area contributed by atoms with Gasteiger partial charge in [0.25, 0.3) is 5.69 Å². The van der Waals surface area contributed by atoms with Crippen molar-refractivity contribution in [3.63, 3.8) is 0 Å². The predicted molar refractivity (Wildman–Crippen MR) is 137 cm³/mol. The highest BCUT2D eigenvalue weighted by molar-refractivity contribution is 8.00. The van der Waals surface area contributed by atoms with Crippen LogP contribution in [0, 0.1) is 16.0 Å². The minimum absolute atomic E-state index is 0.0489. The quantitative estimate of drug-likeness (QED) is 0.217. The van der Waals surface area contributed by atoms with Gasteiger partial charge >= 0.3 is 4.87 Å². The van der Waals surface area contributed by atoms with Gasteiger partial charge in [0.05, 0.1) is 21.6 Å². The number of hydrogen-bond donors (Lipinski definition) is 2. The Morgan fingerprint density at radius 3 is 2.35 bits per heavy atom. The van der Waals surface area contributed by atoms with Crippen molar-refractivity contribution in [2.75, 3.05) is 10.2 Å². The number of thioether (sulfide) groups is 1. The second-order valence-electron chi connectivity index (χ2n) is 9.21. The second-order valence-corrected chi connectivity index (χ2v) is 11.3. The Labute approximate surface area is 217 Å². The van der Waals surface area contributed by atoms with Gasteiger partial charge in [-0.3, -0.25) is 33.9 Å². The van der Waals surface area contributed by atoms with E-state index in [-0.39, 0.29) is 28.5 Å². The summed E-state index contributed by atoms with van der Waals surface area (Å²) in [5, 5.41) is 22.7. The van der Waals surface area contributed by atoms with Gasteiger partial charge in [-0.15, -0.1) is 0 Å². The molecule has 2 aliphatic heterocycles. The number of phenols is 1. The molecule has 1 aromatic heterocycles. The van der Waals surface area contributed by atoms with Crippen molar-refractivity contribution in [2.45, 2.75) is 36.1 Å². The van der Waals surface area contributed by atoms with Crippen molar-refractivity contribution in [3.8, 4) is 5.75 Å². The molecule has 11 nitrogen and oxygen atoms in total. The molecule has 3 amide bonds. The minimum atomic E-state index is -0.879. The number of nitrogens with zero attached hydrogens (tertiary/aromatic N) is 3. The van der Waals surface area contributed by atoms with Crippen LogP contribution in [0.4, 0.5) is 17.1 Å². The van der Waals surface area contributed by atoms with E-state index in [1.807, 2.05) is 0 Å². The average Bonchev–Trinajstić information content (AvgIpc) is 3.29. The zero-order chi connectivity index (χ0) is 26.6. The lowest BCUT2D eigenvalue weighted by Gasteiger charge is -2.36. The molecule has 1 fully saturated rings. The van der Waals surface area contributed by atoms with Crippen LogP contribution in [0.15, 0.2) is 58.4 Å². The maximum atomic E-state index is 13.5. The van der Waals surface area contributed by atoms with E-state index in [0.29, 0.717) is 15.6 Å². The van der Waals surface area contributed by atoms with E-state index in [1.54, 1.807) is 13.8 Å². The molecule has 0 spiro atoms. The highest BCUT2D eigenvalue weighted by atomic mass is 32.2. The van der Waals surface area contributed by atoms with Crippen molar-refractivity contribution < 1.29 is 24.4 Å². The summed E-state index contributed by atoms with van der Waals surface area (Å²) in [7, 11) is 0. The highest BCUT2D eigenvalue weighted by Gasteiger charge is 2.59. The number of aromatic nitrogens is 1. The first-order chi connectivity index (χ1) is 17.5. The topological polar surface area (TPSA) is 152 Å². The summed E-state index contributed by atoms with van der Waals surface area (Å²) in [5.74, 6) is -2.09. The van der Waals surface area contributed by atoms with Crippen LogP contribution >= 0.6 is 23.1 Å². The Morgan fingerprint density at radius 2 is 1.73 bits per heavy atom. The fraction of sp³-hybridized carbons (Fsp3) is 0.250. The fourth-order valence-electron chi connectivity index (χ4n) is 4.63. The normalized spacial score (nSPS) is 19.9. The first-order valence-corrected chi connectivity index (χ1v) is 12.8. The number of carbonyl (C=O) groups is 3. The van der Waals surface area contributed by atoms with Gasteiger partial charge in [-0.25, -0.2) is 4.90 Å². The lowest BCUT2D eigenvalue weighted by Crippen LogP contribution is -2.41. The number of nitro benzene ring substituents is 1. The summed E-state index contributed by atoms with van der Waals surface area (Å²) >= 11 is 2.03. The van der Waals surface area contributed by atoms with Gasteiger partial charge < -0.3 is 10.4 Å². The molecule has 0 aliphatic carbocycles. The first-order valence-electron chi connectivity index (χ1n) is 11.1. The fourth-order valence-corrected chi connectivity index (χ4v) is 7.67. The molecule has 0 saturated carbocycles. The Kier molecular flexibility index (Phi) is 5.91. The number of thiazole rings is 1. The minimum Gasteiger partial charge on any atom is -0.508 e. The molecule has 37 heavy (non-hydrogen) atoms. The highest BCUT2D eigenvalue weighted by Crippen LogP contribution is 2.54. The molecule has 0 unspecified atom stereocenters. The standard InChI is InChI=1S/C24H20N4O7S2/c1-24(2)17-18(21(32)27(20(17)31)13-5-7-14(8-6-13)28(34)35)36-22-19(24)37-23(33)26(22)11-16(30)25-12-3-9-15(29)10-4-12/h3-10,17-18,29H,11H2,1-2H3,(H,25,30)/t17-,18+/m1/s1. The van der Waals surface area contributed by atoms with Crippen molar-refractivity contribution >= 4 is 57.9 Å². The van der Waals surface area contributed by atoms with Crippen molar-refractivity contribution in [1.82, 2.24) is 4.57 Å². The van der Waals surface area contributed by atoms with Gasteiger partial charge in [0.15, 0.2) is 0 Å². The average molecular weight is 541 g/mol. The number of non-ortho nitro benzene ring substituents is 1. The number of phenolic OH excluding ortho intramolecular Hbond substituents is 1. The zero-order valence-corrected chi connectivity index (χ0v) is 21.2. The summed E-state index contributed by atoms with van der Waals surface area (Å²) in [6.45, 7) is 3.30. The summed E-state index contributed by atoms with van der Waals surface area (Å²) in [5.41, 5.74) is -0.355. The molecule has 2 atom stereocenters. The third-order valence-electron chi connectivity index (χ3n) is 6.47. The molecule has 5 rings (SSSR count). The first kappa shape index (κ1) is 24.7. The Balaban J connectivity index is 1.45. The maximum Gasteiger partial charge on any atom is 0.308 e. The van der Waals surface area contributed by atoms with Crippen LogP contribution in [-0.2, 0) is 26.3 Å². The number of nitro groups is 1. The van der Waals surface area contributed by atoms with Crippen molar-refractivity contribution in [2.24, 2.45) is 5.92 Å². The molecular formula is C24H20N4O7S2. The monoisotopic (exact) mass is 540 g/mol. The van der Waals surface area contributed by atoms with Crippen LogP contribution in [0.25, 0.3) is 0 Å². The zero-order valence-electron chi connectivity index (χ0n) is 19.5. The van der Waals surface area contributed by atoms with Crippen LogP contribution in [0.1, 0.15) is 18.7 Å². The van der Waals surface area contributed by atoms with Crippen LogP contribution in [0.3, 0.4) is 0 Å². The number of anilines is 2. The van der Waals surface area contributed by atoms with Gasteiger partial charge in [-0.05, 0) is 36.4 Å². The lowest BCUT2D eigenvalue weighted by molar-refractivity contribution is -0.384. The molecular weight excluding hydrogens is 520 g/mol. The Morgan fingerprint density at radius 1 is 1.08 bits per heavy atom. The van der Waals surface area contributed by atoms with E-state index < -0.39 is 39.2 Å². The summed E-state index contributed by atoms with van der Waals surface area (Å²) in [6.07, 6.45) is 0. The van der Waals surface area contributed by atoms with Crippen molar-refractivity contribution in [1.29, 1.82) is 0 Å². The number of nitrogens with one attached hydrogen (secondary N) is 1. The molecule has 2 aromatic carbocycles. The largest absolute Gasteiger partial charge is 0.508 e. The van der Waals surface area contributed by atoms with Gasteiger partial charge in [0, 0.05) is 28.1 Å². The third-order valence-corrected chi connectivity index (χ3v) is 9.30. The Bertz CT molecular complexity index is 1510. The number of amides is 3. The van der Waals surface area contributed by atoms with E-state index in [1.165, 1.54) is 53.1 Å². The molecule has 0 bridgehead atoms. The summed E-state index contributed by atoms with van der Waals surface area (Å²) in [4.78, 5) is 64.3. The van der Waals surface area contributed by atoms with Crippen LogP contribution in [0.5, 0.6) is 5.75 Å². The maximum absolute atomic E-state index is 13.5. The van der Waals surface area contributed by atoms with Gasteiger partial charge in [0.2, 0.25) is 17.7 Å². The van der Waals surface area contributed by atoms with E-state index in [2.05, 4.69) is 5.32 Å². The number of aromatic hydroxyl groups is 1. The number of carbonyl (C=O) groups excluding carboxylic acids is 3. The number of imide groups is 1. The molecule has 2 N–H and O–H groups in total.